The molecule has 82 heavy (non-hydrogen) atoms. The van der Waals surface area contributed by atoms with Gasteiger partial charge in [-0.05, 0) is 177 Å². The Bertz CT molecular complexity index is 3140. The molecule has 2 aliphatic rings. The summed E-state index contributed by atoms with van der Waals surface area (Å²) in [5.74, 6) is 7.10. The maximum absolute atomic E-state index is 14.1. The van der Waals surface area contributed by atoms with Gasteiger partial charge in [-0.25, -0.2) is 0 Å². The van der Waals surface area contributed by atoms with Crippen LogP contribution in [0.1, 0.15) is 82.7 Å². The van der Waals surface area contributed by atoms with E-state index in [4.69, 9.17) is 28.1 Å². The van der Waals surface area contributed by atoms with Gasteiger partial charge < -0.3 is 63.7 Å². The second-order valence-corrected chi connectivity index (χ2v) is 22.6. The second kappa shape index (κ2) is 31.3. The van der Waals surface area contributed by atoms with Crippen molar-refractivity contribution >= 4 is 96.0 Å². The first kappa shape index (κ1) is 62.4. The summed E-state index contributed by atoms with van der Waals surface area (Å²) >= 11 is 4.48. The molecule has 2 amide bonds. The predicted molar refractivity (Wildman–Crippen MR) is 329 cm³/mol. The maximum atomic E-state index is 14.1. The van der Waals surface area contributed by atoms with Crippen molar-refractivity contribution in [1.82, 2.24) is 25.0 Å². The van der Waals surface area contributed by atoms with Gasteiger partial charge in [0.05, 0.1) is 89.5 Å². The fraction of sp³-hybridized carbons (Fsp3) is 0.459. The molecule has 0 radical (unpaired) electrons. The lowest BCUT2D eigenvalue weighted by molar-refractivity contribution is -0.140. The molecule has 0 spiro atoms. The van der Waals surface area contributed by atoms with Crippen LogP contribution >= 0.6 is 45.2 Å². The number of anilines is 2. The number of ether oxygens (including phenoxy) is 5. The molecule has 4 heterocycles. The van der Waals surface area contributed by atoms with Gasteiger partial charge in [-0.3, -0.25) is 14.4 Å². The summed E-state index contributed by atoms with van der Waals surface area (Å²) < 4.78 is 79.1. The molecule has 21 heteroatoms. The van der Waals surface area contributed by atoms with E-state index in [0.717, 1.165) is 75.9 Å². The highest BCUT2D eigenvalue weighted by Crippen LogP contribution is 2.35. The van der Waals surface area contributed by atoms with Gasteiger partial charge in [0, 0.05) is 66.1 Å². The number of piperidine rings is 1. The monoisotopic (exact) mass is 1360 g/mol. The van der Waals surface area contributed by atoms with Crippen LogP contribution in [0.25, 0.3) is 21.9 Å². The molecule has 0 bridgehead atoms. The Morgan fingerprint density at radius 1 is 0.768 bits per heavy atom. The molecule has 4 N–H and O–H groups in total. The number of ketones is 1. The number of aryl methyl sites for hydroxylation is 1. The predicted octanol–water partition coefficient (Wildman–Crippen LogP) is 10.2. The van der Waals surface area contributed by atoms with Gasteiger partial charge in [-0.15, -0.1) is 0 Å². The molecule has 2 fully saturated rings. The minimum Gasteiger partial charge on any atom is -0.495 e. The van der Waals surface area contributed by atoms with Gasteiger partial charge in [0.25, 0.3) is 5.91 Å². The highest BCUT2D eigenvalue weighted by molar-refractivity contribution is 14.1. The average molecular weight is 1360 g/mol. The first-order valence-corrected chi connectivity index (χ1v) is 30.1. The van der Waals surface area contributed by atoms with E-state index in [1.54, 1.807) is 36.4 Å². The minimum absolute atomic E-state index is 0.110. The van der Waals surface area contributed by atoms with Gasteiger partial charge in [0.2, 0.25) is 5.91 Å². The fourth-order valence-electron chi connectivity index (χ4n) is 10.1. The number of hydrogen-bond donors (Lipinski definition) is 4. The minimum atomic E-state index is -4.44. The number of nitrogens with one attached hydrogen (secondary N) is 4. The molecule has 2 saturated heterocycles. The Hall–Kier alpha value is -5.62. The number of carbonyl (C=O) groups is 3. The molecule has 0 unspecified atom stereocenters. The third-order valence-electron chi connectivity index (χ3n) is 14.3. The van der Waals surface area contributed by atoms with E-state index >= 15 is 0 Å². The number of rotatable bonds is 30. The molecule has 4 aromatic carbocycles. The van der Waals surface area contributed by atoms with Crippen LogP contribution in [0.5, 0.6) is 11.5 Å². The number of benzene rings is 4. The SMILES string of the molecule is COc1cc(C(=O)NCCOCCOCCOCCNC(=O)CCCc2oc3ccccc3c2C(=O)c2cc(I)c(OCCCN3CCCC3)c(I)c2)ccc1NCC#Cc1cc2c(NC3CCN(C)CC3)cccc2n1CC(F)(F)F. The van der Waals surface area contributed by atoms with Crippen LogP contribution in [-0.4, -0.2) is 157 Å². The van der Waals surface area contributed by atoms with Crippen molar-refractivity contribution in [3.63, 3.8) is 0 Å². The summed E-state index contributed by atoms with van der Waals surface area (Å²) in [4.78, 5) is 44.6. The van der Waals surface area contributed by atoms with Crippen LogP contribution in [0.2, 0.25) is 0 Å². The number of furan rings is 1. The Balaban J connectivity index is 0.676. The van der Waals surface area contributed by atoms with Crippen LogP contribution < -0.4 is 30.7 Å². The number of halogens is 5. The Labute approximate surface area is 504 Å². The highest BCUT2D eigenvalue weighted by Gasteiger charge is 2.30. The topological polar surface area (TPSA) is 170 Å². The fourth-order valence-corrected chi connectivity index (χ4v) is 12.2. The molecule has 2 aliphatic heterocycles. The second-order valence-electron chi connectivity index (χ2n) is 20.3. The lowest BCUT2D eigenvalue weighted by Crippen LogP contribution is -2.36. The van der Waals surface area contributed by atoms with Crippen LogP contribution in [0.15, 0.2) is 83.3 Å². The smallest absolute Gasteiger partial charge is 0.406 e. The summed E-state index contributed by atoms with van der Waals surface area (Å²) in [6.45, 7) is 7.32. The molecule has 6 aromatic rings. The normalized spacial score (nSPS) is 14.2. The highest BCUT2D eigenvalue weighted by atomic mass is 127. The zero-order valence-corrected chi connectivity index (χ0v) is 50.8. The largest absolute Gasteiger partial charge is 0.495 e. The van der Waals surface area contributed by atoms with Crippen molar-refractivity contribution in [2.24, 2.45) is 0 Å². The lowest BCUT2D eigenvalue weighted by atomic mass is 9.98. The van der Waals surface area contributed by atoms with Crippen molar-refractivity contribution in [1.29, 1.82) is 0 Å². The van der Waals surface area contributed by atoms with E-state index in [1.807, 2.05) is 42.5 Å². The molecule has 16 nitrogen and oxygen atoms in total. The standard InChI is InChI=1S/C61H72F3I2N7O9/c1-71-28-20-44(21-29-71)70-50-13-7-14-52-47(50)40-45(73(52)41-61(62,63)64)11-9-22-67-51-19-18-42(39-55(51)77-2)60(76)69-24-32-79-34-36-80-35-33-78-31-23-68-56(74)17-8-16-54-57(46-12-3-4-15-53(46)82-54)58(75)43-37-48(65)59(49(66)38-43)81-30-10-27-72-25-5-6-26-72/h3-4,7,12-15,18-19,37-40,44,67,70H,5-6,8,10,16-17,20-36,41H2,1-2H3,(H,68,74)(H,69,76). The number of amides is 2. The number of para-hydroxylation sites is 1. The van der Waals surface area contributed by atoms with Crippen LogP contribution in [-0.2, 0) is 32.0 Å². The van der Waals surface area contributed by atoms with E-state index in [9.17, 15) is 27.6 Å². The lowest BCUT2D eigenvalue weighted by Gasteiger charge is -2.30. The Morgan fingerprint density at radius 3 is 2.20 bits per heavy atom. The maximum Gasteiger partial charge on any atom is 0.406 e. The van der Waals surface area contributed by atoms with Crippen LogP contribution in [0.3, 0.4) is 0 Å². The number of carbonyl (C=O) groups excluding carboxylic acids is 3. The van der Waals surface area contributed by atoms with Crippen molar-refractivity contribution in [2.45, 2.75) is 70.1 Å². The number of aromatic nitrogens is 1. The van der Waals surface area contributed by atoms with Crippen molar-refractivity contribution in [3.8, 4) is 23.3 Å². The van der Waals surface area contributed by atoms with Crippen molar-refractivity contribution in [3.05, 3.63) is 114 Å². The summed E-state index contributed by atoms with van der Waals surface area (Å²) in [7, 11) is 3.56. The molecule has 440 valence electrons. The van der Waals surface area contributed by atoms with E-state index in [0.29, 0.717) is 109 Å². The van der Waals surface area contributed by atoms with Crippen molar-refractivity contribution < 1.29 is 55.7 Å². The van der Waals surface area contributed by atoms with E-state index in [1.165, 1.54) is 24.5 Å². The Morgan fingerprint density at radius 2 is 1.48 bits per heavy atom. The van der Waals surface area contributed by atoms with Gasteiger partial charge in [0.15, 0.2) is 5.78 Å². The molecule has 0 saturated carbocycles. The average Bonchev–Trinajstić information content (AvgIpc) is 4.01. The number of nitrogens with zero attached hydrogens (tertiary/aromatic N) is 3. The Kier molecular flexibility index (Phi) is 23.8. The zero-order valence-electron chi connectivity index (χ0n) is 46.5. The quantitative estimate of drug-likeness (QED) is 0.0146. The molecular weight excluding hydrogens is 1290 g/mol. The molecule has 0 atom stereocenters. The number of likely N-dealkylation sites (tertiary alicyclic amines) is 2. The molecular formula is C61H72F3I2N7O9. The van der Waals surface area contributed by atoms with E-state index < -0.39 is 12.7 Å². The van der Waals surface area contributed by atoms with Crippen molar-refractivity contribution in [2.75, 3.05) is 123 Å². The number of methoxy groups -OCH3 is 1. The molecule has 2 aromatic heterocycles. The van der Waals surface area contributed by atoms with E-state index in [2.05, 4.69) is 95.1 Å². The zero-order chi connectivity index (χ0) is 57.8. The molecule has 0 aliphatic carbocycles. The van der Waals surface area contributed by atoms with E-state index in [-0.39, 0.29) is 55.5 Å². The summed E-state index contributed by atoms with van der Waals surface area (Å²) in [5.41, 5.74) is 4.16. The van der Waals surface area contributed by atoms with Gasteiger partial charge in [0.1, 0.15) is 29.4 Å². The number of hydrogen-bond acceptors (Lipinski definition) is 13. The third-order valence-corrected chi connectivity index (χ3v) is 15.9. The summed E-state index contributed by atoms with van der Waals surface area (Å²) in [5, 5.41) is 13.9. The number of alkyl halides is 3. The van der Waals surface area contributed by atoms with Crippen LogP contribution in [0, 0.1) is 19.0 Å². The van der Waals surface area contributed by atoms with Crippen LogP contribution in [0.4, 0.5) is 24.5 Å². The first-order valence-electron chi connectivity index (χ1n) is 28.0. The van der Waals surface area contributed by atoms with Gasteiger partial charge in [-0.2, -0.15) is 13.2 Å². The van der Waals surface area contributed by atoms with Gasteiger partial charge >= 0.3 is 6.18 Å². The number of fused-ring (bicyclic) bond motifs is 2. The summed E-state index contributed by atoms with van der Waals surface area (Å²) in [6.07, 6.45) is 2.11. The third kappa shape index (κ3) is 18.2. The first-order chi connectivity index (χ1) is 39.7. The molecule has 8 rings (SSSR count). The summed E-state index contributed by atoms with van der Waals surface area (Å²) in [6, 6.07) is 23.5. The van der Waals surface area contributed by atoms with Gasteiger partial charge in [-0.1, -0.05) is 30.2 Å².